The first-order valence-corrected chi connectivity index (χ1v) is 6.43. The van der Waals surface area contributed by atoms with Crippen molar-refractivity contribution in [2.45, 2.75) is 0 Å². The summed E-state index contributed by atoms with van der Waals surface area (Å²) in [6.45, 7) is 0. The number of nitrogen functional groups attached to an aromatic ring is 1. The van der Waals surface area contributed by atoms with Crippen molar-refractivity contribution in [1.29, 1.82) is 0 Å². The van der Waals surface area contributed by atoms with E-state index in [1.807, 2.05) is 0 Å². The number of aromatic carboxylic acids is 1. The van der Waals surface area contributed by atoms with Gasteiger partial charge in [0.05, 0.1) is 27.5 Å². The van der Waals surface area contributed by atoms with Crippen molar-refractivity contribution in [3.05, 3.63) is 46.7 Å². The molecule has 3 rings (SSSR count). The quantitative estimate of drug-likeness (QED) is 0.630. The van der Waals surface area contributed by atoms with Crippen LogP contribution in [0.25, 0.3) is 22.2 Å². The van der Waals surface area contributed by atoms with Gasteiger partial charge in [-0.25, -0.2) is 18.6 Å². The molecule has 1 aromatic carbocycles. The highest BCUT2D eigenvalue weighted by molar-refractivity contribution is 6.36. The number of fused-ring (bicyclic) bond motifs is 1. The second-order valence-corrected chi connectivity index (χ2v) is 4.92. The average Bonchev–Trinajstić information content (AvgIpc) is 2.88. The van der Waals surface area contributed by atoms with E-state index in [9.17, 15) is 13.6 Å². The number of halogens is 3. The van der Waals surface area contributed by atoms with Crippen molar-refractivity contribution < 1.29 is 18.7 Å². The number of aromatic amines is 1. The zero-order valence-corrected chi connectivity index (χ0v) is 11.6. The number of hydrogen-bond donors (Lipinski definition) is 3. The number of nitrogens with two attached hydrogens (primary N) is 1. The summed E-state index contributed by atoms with van der Waals surface area (Å²) in [6, 6.07) is 3.85. The topological polar surface area (TPSA) is 92.0 Å². The van der Waals surface area contributed by atoms with Crippen molar-refractivity contribution in [3.8, 4) is 11.3 Å². The molecule has 0 saturated heterocycles. The van der Waals surface area contributed by atoms with E-state index in [4.69, 9.17) is 22.4 Å². The van der Waals surface area contributed by atoms with Gasteiger partial charge in [-0.15, -0.1) is 0 Å². The minimum absolute atomic E-state index is 0.0369. The van der Waals surface area contributed by atoms with E-state index >= 15 is 0 Å². The normalized spacial score (nSPS) is 11.0. The van der Waals surface area contributed by atoms with Crippen LogP contribution in [0.1, 0.15) is 10.5 Å². The largest absolute Gasteiger partial charge is 0.477 e. The number of pyridine rings is 1. The van der Waals surface area contributed by atoms with E-state index in [0.29, 0.717) is 0 Å². The molecule has 4 N–H and O–H groups in total. The maximum Gasteiger partial charge on any atom is 0.354 e. The van der Waals surface area contributed by atoms with Gasteiger partial charge in [-0.2, -0.15) is 0 Å². The number of carboxylic acids is 1. The number of H-pyrrole nitrogens is 1. The molecule has 2 heterocycles. The molecule has 0 unspecified atom stereocenters. The van der Waals surface area contributed by atoms with Crippen LogP contribution in [0.3, 0.4) is 0 Å². The molecule has 5 nitrogen and oxygen atoms in total. The molecular weight excluding hydrogens is 316 g/mol. The first kappa shape index (κ1) is 14.3. The van der Waals surface area contributed by atoms with E-state index < -0.39 is 23.2 Å². The summed E-state index contributed by atoms with van der Waals surface area (Å²) in [5.41, 5.74) is 4.26. The van der Waals surface area contributed by atoms with Gasteiger partial charge in [-0.1, -0.05) is 17.7 Å². The third-order valence-electron chi connectivity index (χ3n) is 3.22. The Balaban J connectivity index is 2.36. The molecule has 0 radical (unpaired) electrons. The zero-order chi connectivity index (χ0) is 16.0. The highest BCUT2D eigenvalue weighted by atomic mass is 35.5. The standard InChI is InChI=1S/C14H8ClF2N3O2/c15-5-4-19-13-8(5)12(18)10(16)9(11(13)17)6-2-1-3-7(20-6)14(21)22/h1-4,19H,18H2,(H,21,22). The molecule has 0 atom stereocenters. The molecule has 0 aliphatic carbocycles. The minimum atomic E-state index is -1.31. The van der Waals surface area contributed by atoms with Crippen LogP contribution >= 0.6 is 11.6 Å². The average molecular weight is 324 g/mol. The molecule has 0 aliphatic heterocycles. The fourth-order valence-electron chi connectivity index (χ4n) is 2.22. The number of carbonyl (C=O) groups is 1. The summed E-state index contributed by atoms with van der Waals surface area (Å²) in [4.78, 5) is 17.2. The van der Waals surface area contributed by atoms with Crippen LogP contribution in [0.15, 0.2) is 24.4 Å². The second-order valence-electron chi connectivity index (χ2n) is 4.52. The van der Waals surface area contributed by atoms with Crippen LogP contribution in [0, 0.1) is 11.6 Å². The Hall–Kier alpha value is -2.67. The Morgan fingerprint density at radius 1 is 1.32 bits per heavy atom. The number of rotatable bonds is 2. The minimum Gasteiger partial charge on any atom is -0.477 e. The van der Waals surface area contributed by atoms with Crippen LogP contribution in [-0.2, 0) is 0 Å². The monoisotopic (exact) mass is 323 g/mol. The number of nitrogens with zero attached hydrogens (tertiary/aromatic N) is 1. The molecular formula is C14H8ClF2N3O2. The van der Waals surface area contributed by atoms with Crippen LogP contribution < -0.4 is 5.73 Å². The predicted octanol–water partition coefficient (Wildman–Crippen LogP) is 3.44. The fraction of sp³-hybridized carbons (Fsp3) is 0. The lowest BCUT2D eigenvalue weighted by molar-refractivity contribution is 0.0690. The van der Waals surface area contributed by atoms with E-state index in [2.05, 4.69) is 9.97 Å². The zero-order valence-electron chi connectivity index (χ0n) is 10.8. The molecule has 0 aliphatic rings. The summed E-state index contributed by atoms with van der Waals surface area (Å²) < 4.78 is 29.0. The van der Waals surface area contributed by atoms with E-state index in [0.717, 1.165) is 0 Å². The SMILES string of the molecule is Nc1c(F)c(-c2cccc(C(=O)O)n2)c(F)c2[nH]cc(Cl)c12. The van der Waals surface area contributed by atoms with Gasteiger partial charge in [-0.05, 0) is 12.1 Å². The molecule has 0 saturated carbocycles. The van der Waals surface area contributed by atoms with Gasteiger partial charge in [0.15, 0.2) is 11.6 Å². The smallest absolute Gasteiger partial charge is 0.354 e. The lowest BCUT2D eigenvalue weighted by Gasteiger charge is -2.09. The number of carboxylic acid groups (broad SMARTS) is 1. The first-order chi connectivity index (χ1) is 10.4. The molecule has 3 aromatic rings. The summed E-state index contributed by atoms with van der Waals surface area (Å²) in [5, 5.41) is 9.05. The molecule has 2 aromatic heterocycles. The Labute approximate surface area is 127 Å². The van der Waals surface area contributed by atoms with Crippen molar-refractivity contribution in [2.75, 3.05) is 5.73 Å². The molecule has 22 heavy (non-hydrogen) atoms. The summed E-state index contributed by atoms with van der Waals surface area (Å²) in [7, 11) is 0. The number of benzene rings is 1. The summed E-state index contributed by atoms with van der Waals surface area (Å²) in [6.07, 6.45) is 1.29. The molecule has 112 valence electrons. The van der Waals surface area contributed by atoms with Crippen LogP contribution in [0.4, 0.5) is 14.5 Å². The molecule has 0 fully saturated rings. The van der Waals surface area contributed by atoms with Crippen molar-refractivity contribution in [2.24, 2.45) is 0 Å². The van der Waals surface area contributed by atoms with E-state index in [1.54, 1.807) is 0 Å². The van der Waals surface area contributed by atoms with Gasteiger partial charge in [0, 0.05) is 11.6 Å². The maximum absolute atomic E-state index is 14.6. The second kappa shape index (κ2) is 4.96. The number of anilines is 1. The van der Waals surface area contributed by atoms with Crippen LogP contribution in [0.5, 0.6) is 0 Å². The first-order valence-electron chi connectivity index (χ1n) is 6.05. The molecule has 8 heteroatoms. The Morgan fingerprint density at radius 2 is 2.05 bits per heavy atom. The van der Waals surface area contributed by atoms with Crippen molar-refractivity contribution >= 4 is 34.2 Å². The lowest BCUT2D eigenvalue weighted by Crippen LogP contribution is -2.04. The van der Waals surface area contributed by atoms with Gasteiger partial charge in [-0.3, -0.25) is 0 Å². The Morgan fingerprint density at radius 3 is 2.73 bits per heavy atom. The fourth-order valence-corrected chi connectivity index (χ4v) is 2.47. The van der Waals surface area contributed by atoms with Gasteiger partial charge in [0.2, 0.25) is 0 Å². The van der Waals surface area contributed by atoms with Gasteiger partial charge < -0.3 is 15.8 Å². The summed E-state index contributed by atoms with van der Waals surface area (Å²) >= 11 is 5.85. The molecule has 0 spiro atoms. The maximum atomic E-state index is 14.6. The van der Waals surface area contributed by atoms with Gasteiger partial charge in [0.1, 0.15) is 5.69 Å². The van der Waals surface area contributed by atoms with E-state index in [1.165, 1.54) is 24.4 Å². The Kier molecular flexibility index (Phi) is 3.22. The Bertz CT molecular complexity index is 924. The van der Waals surface area contributed by atoms with E-state index in [-0.39, 0.29) is 33.0 Å². The van der Waals surface area contributed by atoms with Crippen molar-refractivity contribution in [1.82, 2.24) is 9.97 Å². The number of aromatic nitrogens is 2. The third-order valence-corrected chi connectivity index (χ3v) is 3.52. The predicted molar refractivity (Wildman–Crippen MR) is 77.8 cm³/mol. The highest BCUT2D eigenvalue weighted by Gasteiger charge is 2.23. The van der Waals surface area contributed by atoms with Crippen LogP contribution in [0.2, 0.25) is 5.02 Å². The van der Waals surface area contributed by atoms with Crippen molar-refractivity contribution in [3.63, 3.8) is 0 Å². The van der Waals surface area contributed by atoms with Gasteiger partial charge in [0.25, 0.3) is 0 Å². The van der Waals surface area contributed by atoms with Crippen LogP contribution in [-0.4, -0.2) is 21.0 Å². The highest BCUT2D eigenvalue weighted by Crippen LogP contribution is 2.38. The number of nitrogens with one attached hydrogen (secondary N) is 1. The third kappa shape index (κ3) is 1.98. The molecule has 0 amide bonds. The number of hydrogen-bond acceptors (Lipinski definition) is 3. The molecule has 0 bridgehead atoms. The van der Waals surface area contributed by atoms with Gasteiger partial charge >= 0.3 is 5.97 Å². The summed E-state index contributed by atoms with van der Waals surface area (Å²) in [5.74, 6) is -3.29. The lowest BCUT2D eigenvalue weighted by atomic mass is 10.0.